The van der Waals surface area contributed by atoms with Crippen molar-refractivity contribution in [2.45, 2.75) is 25.1 Å². The van der Waals surface area contributed by atoms with Crippen molar-refractivity contribution in [3.8, 4) is 5.75 Å². The molecule has 3 heteroatoms. The first kappa shape index (κ1) is 9.19. The molecule has 1 aromatic rings. The van der Waals surface area contributed by atoms with Gasteiger partial charge in [-0.25, -0.2) is 0 Å². The molecule has 1 N–H and O–H groups in total. The largest absolute Gasteiger partial charge is 0.492 e. The van der Waals surface area contributed by atoms with E-state index in [1.165, 1.54) is 5.56 Å². The molecule has 0 unspecified atom stereocenters. The summed E-state index contributed by atoms with van der Waals surface area (Å²) in [5.74, 6) is 1.00. The zero-order valence-corrected chi connectivity index (χ0v) is 8.60. The van der Waals surface area contributed by atoms with E-state index in [4.69, 9.17) is 4.74 Å². The smallest absolute Gasteiger partial charge is 0.123 e. The molecule has 1 aromatic carbocycles. The van der Waals surface area contributed by atoms with Gasteiger partial charge in [0.1, 0.15) is 12.4 Å². The maximum atomic E-state index is 9.60. The summed E-state index contributed by atoms with van der Waals surface area (Å²) in [5, 5.41) is 9.60. The second-order valence-electron chi connectivity index (χ2n) is 4.39. The second-order valence-corrected chi connectivity index (χ2v) is 4.39. The molecule has 0 aromatic heterocycles. The molecule has 0 saturated carbocycles. The van der Waals surface area contributed by atoms with E-state index >= 15 is 0 Å². The van der Waals surface area contributed by atoms with Crippen molar-refractivity contribution < 1.29 is 9.84 Å². The van der Waals surface area contributed by atoms with Crippen molar-refractivity contribution in [3.63, 3.8) is 0 Å². The van der Waals surface area contributed by atoms with E-state index in [1.807, 2.05) is 18.2 Å². The number of aliphatic hydroxyl groups is 1. The Balaban J connectivity index is 1.89. The van der Waals surface area contributed by atoms with Gasteiger partial charge in [-0.1, -0.05) is 18.2 Å². The molecule has 0 radical (unpaired) electrons. The number of benzene rings is 1. The molecule has 1 saturated heterocycles. The van der Waals surface area contributed by atoms with E-state index in [9.17, 15) is 5.11 Å². The van der Waals surface area contributed by atoms with Crippen LogP contribution in [-0.2, 0) is 6.54 Å². The molecule has 3 rings (SSSR count). The average Bonchev–Trinajstić information content (AvgIpc) is 2.49. The first-order chi connectivity index (χ1) is 7.33. The predicted octanol–water partition coefficient (Wildman–Crippen LogP) is 1.01. The highest BCUT2D eigenvalue weighted by Gasteiger charge is 2.33. The summed E-state index contributed by atoms with van der Waals surface area (Å²) in [6.45, 7) is 2.38. The summed E-state index contributed by atoms with van der Waals surface area (Å²) >= 11 is 0. The van der Waals surface area contributed by atoms with Crippen molar-refractivity contribution in [2.24, 2.45) is 0 Å². The summed E-state index contributed by atoms with van der Waals surface area (Å²) in [4.78, 5) is 2.32. The molecular formula is C12H15NO2. The third-order valence-corrected chi connectivity index (χ3v) is 3.28. The van der Waals surface area contributed by atoms with E-state index in [2.05, 4.69) is 11.0 Å². The van der Waals surface area contributed by atoms with E-state index in [0.717, 1.165) is 25.3 Å². The van der Waals surface area contributed by atoms with Gasteiger partial charge in [-0.2, -0.15) is 0 Å². The number of hydrogen-bond donors (Lipinski definition) is 1. The third-order valence-electron chi connectivity index (χ3n) is 3.28. The Bertz CT molecular complexity index is 366. The lowest BCUT2D eigenvalue weighted by molar-refractivity contribution is 0.170. The van der Waals surface area contributed by atoms with Gasteiger partial charge in [-0.05, 0) is 12.5 Å². The van der Waals surface area contributed by atoms with Crippen molar-refractivity contribution >= 4 is 0 Å². The molecule has 2 heterocycles. The van der Waals surface area contributed by atoms with Crippen molar-refractivity contribution in [3.05, 3.63) is 29.8 Å². The lowest BCUT2D eigenvalue weighted by atomic mass is 10.2. The second kappa shape index (κ2) is 3.51. The van der Waals surface area contributed by atoms with E-state index < -0.39 is 0 Å². The van der Waals surface area contributed by atoms with Gasteiger partial charge in [-0.15, -0.1) is 0 Å². The summed E-state index contributed by atoms with van der Waals surface area (Å²) in [5.41, 5.74) is 1.23. The zero-order valence-electron chi connectivity index (χ0n) is 8.60. The Morgan fingerprint density at radius 1 is 1.33 bits per heavy atom. The standard InChI is InChI=1S/C12H15NO2/c14-11-5-10-8-15-12-4-2-1-3-9(12)6-13(10)7-11/h1-4,10-11,14H,5-8H2/t10-,11+/m0/s1. The van der Waals surface area contributed by atoms with Crippen LogP contribution in [0.3, 0.4) is 0 Å². The summed E-state index contributed by atoms with van der Waals surface area (Å²) in [6, 6.07) is 8.54. The molecule has 15 heavy (non-hydrogen) atoms. The van der Waals surface area contributed by atoms with Crippen LogP contribution in [0.1, 0.15) is 12.0 Å². The number of aliphatic hydroxyl groups excluding tert-OH is 1. The average molecular weight is 205 g/mol. The third kappa shape index (κ3) is 1.62. The molecule has 0 amide bonds. The number of nitrogens with zero attached hydrogens (tertiary/aromatic N) is 1. The minimum atomic E-state index is -0.177. The first-order valence-corrected chi connectivity index (χ1v) is 5.46. The van der Waals surface area contributed by atoms with Crippen LogP contribution >= 0.6 is 0 Å². The number of hydrogen-bond acceptors (Lipinski definition) is 3. The number of ether oxygens (including phenoxy) is 1. The lowest BCUT2D eigenvalue weighted by Gasteiger charge is -2.19. The van der Waals surface area contributed by atoms with Gasteiger partial charge in [0, 0.05) is 24.7 Å². The van der Waals surface area contributed by atoms with Crippen molar-refractivity contribution in [1.82, 2.24) is 4.90 Å². The highest BCUT2D eigenvalue weighted by atomic mass is 16.5. The van der Waals surface area contributed by atoms with E-state index in [1.54, 1.807) is 0 Å². The van der Waals surface area contributed by atoms with Crippen molar-refractivity contribution in [1.29, 1.82) is 0 Å². The number of para-hydroxylation sites is 1. The molecule has 2 aliphatic rings. The van der Waals surface area contributed by atoms with E-state index in [0.29, 0.717) is 12.6 Å². The quantitative estimate of drug-likeness (QED) is 0.686. The normalized spacial score (nSPS) is 30.2. The molecule has 80 valence electrons. The first-order valence-electron chi connectivity index (χ1n) is 5.46. The summed E-state index contributed by atoms with van der Waals surface area (Å²) < 4.78 is 5.76. The predicted molar refractivity (Wildman–Crippen MR) is 56.8 cm³/mol. The fourth-order valence-electron chi connectivity index (χ4n) is 2.50. The van der Waals surface area contributed by atoms with Crippen LogP contribution in [0.2, 0.25) is 0 Å². The lowest BCUT2D eigenvalue weighted by Crippen LogP contribution is -2.31. The minimum absolute atomic E-state index is 0.177. The molecule has 2 aliphatic heterocycles. The molecule has 0 aliphatic carbocycles. The SMILES string of the molecule is O[C@@H]1C[C@H]2COc3ccccc3CN2C1. The van der Waals surface area contributed by atoms with Gasteiger partial charge in [0.15, 0.2) is 0 Å². The molecular weight excluding hydrogens is 190 g/mol. The molecule has 2 atom stereocenters. The van der Waals surface area contributed by atoms with Gasteiger partial charge in [-0.3, -0.25) is 4.90 Å². The maximum Gasteiger partial charge on any atom is 0.123 e. The monoisotopic (exact) mass is 205 g/mol. The van der Waals surface area contributed by atoms with Gasteiger partial charge >= 0.3 is 0 Å². The molecule has 0 bridgehead atoms. The van der Waals surface area contributed by atoms with Gasteiger partial charge in [0.2, 0.25) is 0 Å². The van der Waals surface area contributed by atoms with E-state index in [-0.39, 0.29) is 6.10 Å². The molecule has 3 nitrogen and oxygen atoms in total. The Labute approximate surface area is 89.3 Å². The number of fused-ring (bicyclic) bond motifs is 2. The van der Waals surface area contributed by atoms with Crippen molar-refractivity contribution in [2.75, 3.05) is 13.2 Å². The fraction of sp³-hybridized carbons (Fsp3) is 0.500. The highest BCUT2D eigenvalue weighted by molar-refractivity contribution is 5.34. The van der Waals surface area contributed by atoms with Crippen LogP contribution in [-0.4, -0.2) is 35.3 Å². The topological polar surface area (TPSA) is 32.7 Å². The van der Waals surface area contributed by atoms with Gasteiger partial charge in [0.25, 0.3) is 0 Å². The Morgan fingerprint density at radius 3 is 3.13 bits per heavy atom. The molecule has 0 spiro atoms. The van der Waals surface area contributed by atoms with Crippen LogP contribution in [0.25, 0.3) is 0 Å². The maximum absolute atomic E-state index is 9.60. The Kier molecular flexibility index (Phi) is 2.15. The summed E-state index contributed by atoms with van der Waals surface area (Å²) in [7, 11) is 0. The Hall–Kier alpha value is -1.06. The minimum Gasteiger partial charge on any atom is -0.492 e. The van der Waals surface area contributed by atoms with Crippen LogP contribution in [0.15, 0.2) is 24.3 Å². The van der Waals surface area contributed by atoms with Crippen LogP contribution in [0.4, 0.5) is 0 Å². The summed E-state index contributed by atoms with van der Waals surface area (Å²) in [6.07, 6.45) is 0.664. The van der Waals surface area contributed by atoms with Gasteiger partial charge in [0.05, 0.1) is 6.10 Å². The zero-order chi connectivity index (χ0) is 10.3. The molecule has 1 fully saturated rings. The van der Waals surface area contributed by atoms with Gasteiger partial charge < -0.3 is 9.84 Å². The fourth-order valence-corrected chi connectivity index (χ4v) is 2.50. The number of rotatable bonds is 0. The van der Waals surface area contributed by atoms with Crippen LogP contribution in [0.5, 0.6) is 5.75 Å². The Morgan fingerprint density at radius 2 is 2.20 bits per heavy atom. The highest BCUT2D eigenvalue weighted by Crippen LogP contribution is 2.29. The van der Waals surface area contributed by atoms with Crippen LogP contribution < -0.4 is 4.74 Å². The van der Waals surface area contributed by atoms with Crippen LogP contribution in [0, 0.1) is 0 Å².